The number of carbonyl (C=O) groups is 1. The Balaban J connectivity index is 1.80. The molecule has 0 saturated carbocycles. The van der Waals surface area contributed by atoms with Gasteiger partial charge >= 0.3 is 0 Å². The smallest absolute Gasteiger partial charge is 0.285 e. The lowest BCUT2D eigenvalue weighted by Gasteiger charge is -2.11. The van der Waals surface area contributed by atoms with Crippen molar-refractivity contribution in [2.75, 3.05) is 5.32 Å². The fourth-order valence-electron chi connectivity index (χ4n) is 3.22. The van der Waals surface area contributed by atoms with E-state index in [9.17, 15) is 13.2 Å². The van der Waals surface area contributed by atoms with Gasteiger partial charge in [0.15, 0.2) is 5.84 Å². The number of hydrogen-bond donors (Lipinski definition) is 2. The summed E-state index contributed by atoms with van der Waals surface area (Å²) in [5.74, 6) is -0.252. The summed E-state index contributed by atoms with van der Waals surface area (Å²) in [5, 5.41) is 3.63. The number of amides is 1. The molecule has 0 saturated heterocycles. The molecule has 1 aromatic heterocycles. The fraction of sp³-hybridized carbons (Fsp3) is 0.250. The van der Waals surface area contributed by atoms with Crippen LogP contribution in [0.1, 0.15) is 39.2 Å². The van der Waals surface area contributed by atoms with Gasteiger partial charge < -0.3 is 11.1 Å². The molecule has 0 unspecified atom stereocenters. The summed E-state index contributed by atoms with van der Waals surface area (Å²) in [6, 6.07) is 6.64. The number of nitrogens with one attached hydrogen (secondary N) is 1. The second-order valence-corrected chi connectivity index (χ2v) is 8.49. The van der Waals surface area contributed by atoms with Crippen LogP contribution in [0, 0.1) is 0 Å². The predicted molar refractivity (Wildman–Crippen MR) is 93.3 cm³/mol. The van der Waals surface area contributed by atoms with E-state index in [0.717, 1.165) is 36.1 Å². The normalized spacial score (nSPS) is 17.8. The minimum absolute atomic E-state index is 0.175. The maximum absolute atomic E-state index is 12.2. The standard InChI is InChI=1S/C16H15N3O3S2/c17-14(20)13-9-5-1-3-7-11(9)23-16(13)18-15-10-6-2-4-8-12(10)24(21,22)19-15/h2,4,6,8H,1,3,5,7H2,(H2,17,20)(H,18,19). The number of nitrogens with two attached hydrogens (primary N) is 1. The van der Waals surface area contributed by atoms with Crippen LogP contribution >= 0.6 is 11.3 Å². The Labute approximate surface area is 143 Å². The summed E-state index contributed by atoms with van der Waals surface area (Å²) in [7, 11) is -3.70. The zero-order valence-corrected chi connectivity index (χ0v) is 14.3. The lowest BCUT2D eigenvalue weighted by molar-refractivity contribution is 0.100. The second-order valence-electron chi connectivity index (χ2n) is 5.82. The highest BCUT2D eigenvalue weighted by Gasteiger charge is 2.31. The van der Waals surface area contributed by atoms with Crippen LogP contribution in [0.15, 0.2) is 33.6 Å². The van der Waals surface area contributed by atoms with E-state index in [4.69, 9.17) is 5.73 Å². The van der Waals surface area contributed by atoms with Gasteiger partial charge in [-0.2, -0.15) is 8.42 Å². The van der Waals surface area contributed by atoms with E-state index in [-0.39, 0.29) is 10.7 Å². The molecule has 1 aromatic carbocycles. The van der Waals surface area contributed by atoms with Crippen LogP contribution in [0.4, 0.5) is 5.00 Å². The molecular formula is C16H15N3O3S2. The fourth-order valence-corrected chi connectivity index (χ4v) is 5.69. The Bertz CT molecular complexity index is 990. The first-order valence-electron chi connectivity index (χ1n) is 7.63. The molecule has 2 heterocycles. The summed E-state index contributed by atoms with van der Waals surface area (Å²) < 4.78 is 28.1. The molecule has 24 heavy (non-hydrogen) atoms. The monoisotopic (exact) mass is 361 g/mol. The third kappa shape index (κ3) is 2.33. The van der Waals surface area contributed by atoms with Crippen LogP contribution in [0.5, 0.6) is 0 Å². The molecule has 1 aliphatic heterocycles. The molecule has 1 aliphatic carbocycles. The summed E-state index contributed by atoms with van der Waals surface area (Å²) in [4.78, 5) is 13.3. The number of thiophene rings is 1. The predicted octanol–water partition coefficient (Wildman–Crippen LogP) is 2.29. The van der Waals surface area contributed by atoms with Crippen molar-refractivity contribution in [3.8, 4) is 0 Å². The minimum Gasteiger partial charge on any atom is -0.365 e. The van der Waals surface area contributed by atoms with E-state index in [0.29, 0.717) is 16.1 Å². The van der Waals surface area contributed by atoms with E-state index < -0.39 is 15.9 Å². The zero-order chi connectivity index (χ0) is 16.9. The molecule has 124 valence electrons. The molecule has 4 rings (SSSR count). The lowest BCUT2D eigenvalue weighted by Crippen LogP contribution is -2.18. The first-order chi connectivity index (χ1) is 11.5. The molecule has 2 aromatic rings. The van der Waals surface area contributed by atoms with Crippen LogP contribution in [-0.4, -0.2) is 20.2 Å². The van der Waals surface area contributed by atoms with E-state index in [1.54, 1.807) is 18.2 Å². The molecule has 0 atom stereocenters. The first-order valence-corrected chi connectivity index (χ1v) is 9.89. The second kappa shape index (κ2) is 5.42. The van der Waals surface area contributed by atoms with Gasteiger partial charge in [-0.15, -0.1) is 15.7 Å². The number of hydrogen-bond acceptors (Lipinski definition) is 5. The summed E-state index contributed by atoms with van der Waals surface area (Å²) in [6.07, 6.45) is 3.86. The van der Waals surface area contributed by atoms with Crippen LogP contribution in [-0.2, 0) is 22.9 Å². The van der Waals surface area contributed by atoms with Crippen molar-refractivity contribution in [2.24, 2.45) is 10.1 Å². The Morgan fingerprint density at radius 3 is 2.75 bits per heavy atom. The molecule has 0 bridgehead atoms. The van der Waals surface area contributed by atoms with Gasteiger partial charge in [-0.1, -0.05) is 12.1 Å². The van der Waals surface area contributed by atoms with Crippen molar-refractivity contribution in [1.82, 2.24) is 0 Å². The Hall–Kier alpha value is -2.19. The number of primary amides is 1. The van der Waals surface area contributed by atoms with Crippen LogP contribution < -0.4 is 11.1 Å². The third-order valence-electron chi connectivity index (χ3n) is 4.28. The topological polar surface area (TPSA) is 102 Å². The largest absolute Gasteiger partial charge is 0.365 e. The van der Waals surface area contributed by atoms with Gasteiger partial charge in [-0.3, -0.25) is 4.79 Å². The molecule has 3 N–H and O–H groups in total. The number of benzene rings is 1. The van der Waals surface area contributed by atoms with Crippen molar-refractivity contribution < 1.29 is 13.2 Å². The Morgan fingerprint density at radius 1 is 1.21 bits per heavy atom. The maximum Gasteiger partial charge on any atom is 0.285 e. The van der Waals surface area contributed by atoms with Gasteiger partial charge in [0.1, 0.15) is 9.90 Å². The van der Waals surface area contributed by atoms with Gasteiger partial charge in [0.05, 0.1) is 5.56 Å². The molecule has 0 radical (unpaired) electrons. The van der Waals surface area contributed by atoms with Crippen molar-refractivity contribution in [3.63, 3.8) is 0 Å². The van der Waals surface area contributed by atoms with Gasteiger partial charge in [0.2, 0.25) is 0 Å². The van der Waals surface area contributed by atoms with Crippen molar-refractivity contribution in [2.45, 2.75) is 30.6 Å². The summed E-state index contributed by atoms with van der Waals surface area (Å²) >= 11 is 1.46. The van der Waals surface area contributed by atoms with Crippen LogP contribution in [0.2, 0.25) is 0 Å². The number of aryl methyl sites for hydroxylation is 1. The number of rotatable bonds is 2. The average Bonchev–Trinajstić information content (AvgIpc) is 3.03. The number of carbonyl (C=O) groups excluding carboxylic acids is 1. The van der Waals surface area contributed by atoms with Crippen molar-refractivity contribution in [1.29, 1.82) is 0 Å². The molecule has 8 heteroatoms. The molecule has 6 nitrogen and oxygen atoms in total. The van der Waals surface area contributed by atoms with E-state index >= 15 is 0 Å². The highest BCUT2D eigenvalue weighted by molar-refractivity contribution is 7.90. The molecule has 2 aliphatic rings. The van der Waals surface area contributed by atoms with Crippen molar-refractivity contribution in [3.05, 3.63) is 45.8 Å². The highest BCUT2D eigenvalue weighted by atomic mass is 32.2. The molecule has 0 fully saturated rings. The lowest BCUT2D eigenvalue weighted by atomic mass is 9.95. The van der Waals surface area contributed by atoms with Crippen LogP contribution in [0.3, 0.4) is 0 Å². The van der Waals surface area contributed by atoms with E-state index in [1.807, 2.05) is 0 Å². The number of sulfonamides is 1. The van der Waals surface area contributed by atoms with Crippen LogP contribution in [0.25, 0.3) is 0 Å². The minimum atomic E-state index is -3.70. The summed E-state index contributed by atoms with van der Waals surface area (Å²) in [5.41, 5.74) is 7.56. The van der Waals surface area contributed by atoms with Gasteiger partial charge in [0, 0.05) is 10.4 Å². The number of fused-ring (bicyclic) bond motifs is 2. The molecule has 0 spiro atoms. The van der Waals surface area contributed by atoms with E-state index in [1.165, 1.54) is 17.4 Å². The van der Waals surface area contributed by atoms with Gasteiger partial charge in [-0.25, -0.2) is 0 Å². The number of amidine groups is 1. The third-order valence-corrected chi connectivity index (χ3v) is 6.82. The van der Waals surface area contributed by atoms with E-state index in [2.05, 4.69) is 9.71 Å². The van der Waals surface area contributed by atoms with Gasteiger partial charge in [0.25, 0.3) is 15.9 Å². The Kier molecular flexibility index (Phi) is 3.47. The zero-order valence-electron chi connectivity index (χ0n) is 12.7. The summed E-state index contributed by atoms with van der Waals surface area (Å²) in [6.45, 7) is 0. The quantitative estimate of drug-likeness (QED) is 0.857. The maximum atomic E-state index is 12.2. The molecular weight excluding hydrogens is 346 g/mol. The Morgan fingerprint density at radius 2 is 1.96 bits per heavy atom. The SMILES string of the molecule is NC(=O)c1c(NC2=NS(=O)(=O)c3ccccc32)sc2c1CCCC2. The number of nitrogens with zero attached hydrogens (tertiary/aromatic N) is 1. The number of anilines is 1. The highest BCUT2D eigenvalue weighted by Crippen LogP contribution is 2.39. The van der Waals surface area contributed by atoms with Crippen molar-refractivity contribution >= 4 is 38.1 Å². The first kappa shape index (κ1) is 15.3. The van der Waals surface area contributed by atoms with Gasteiger partial charge in [-0.05, 0) is 43.4 Å². The molecule has 1 amide bonds. The average molecular weight is 361 g/mol.